The van der Waals surface area contributed by atoms with Crippen LogP contribution in [0.2, 0.25) is 0 Å². The van der Waals surface area contributed by atoms with Gasteiger partial charge in [0.05, 0.1) is 0 Å². The standard InChI is InChI=1S/Al.Mg.OSi.5H/c;;1-2;;;;;/q;+2;;;;;2*-1. The van der Waals surface area contributed by atoms with E-state index in [0.717, 1.165) is 0 Å². The summed E-state index contributed by atoms with van der Waals surface area (Å²) < 4.78 is 8.06. The molecule has 0 aromatic carbocycles. The third kappa shape index (κ3) is 10.3. The van der Waals surface area contributed by atoms with Gasteiger partial charge in [0.1, 0.15) is 0 Å². The van der Waals surface area contributed by atoms with Crippen molar-refractivity contribution >= 4 is 50.5 Å². The third-order valence-corrected chi connectivity index (χ3v) is 0. The molecule has 1 nitrogen and oxygen atoms in total. The van der Waals surface area contributed by atoms with Crippen molar-refractivity contribution in [2.45, 2.75) is 0 Å². The van der Waals surface area contributed by atoms with Crippen LogP contribution >= 0.6 is 0 Å². The maximum Gasteiger partial charge on any atom is 2.00 e. The molecule has 0 aliphatic heterocycles. The molecule has 0 unspecified atom stereocenters. The minimum absolute atomic E-state index is 0. The molecular formula is H5AlMgOSi. The van der Waals surface area contributed by atoms with Crippen molar-refractivity contribution in [2.24, 2.45) is 0 Å². The Labute approximate surface area is 57.9 Å². The van der Waals surface area contributed by atoms with E-state index in [1.54, 1.807) is 10.1 Å². The molecule has 4 heteroatoms. The van der Waals surface area contributed by atoms with Gasteiger partial charge in [0.15, 0.2) is 17.4 Å². The van der Waals surface area contributed by atoms with Crippen LogP contribution in [-0.4, -0.2) is 50.5 Å². The molecule has 0 rings (SSSR count). The monoisotopic (exact) mass is 100.0 g/mol. The molecule has 0 aromatic rings. The smallest absolute Gasteiger partial charge is 1.00 e. The van der Waals surface area contributed by atoms with Gasteiger partial charge in [-0.2, -0.15) is 0 Å². The van der Waals surface area contributed by atoms with Crippen LogP contribution < -0.4 is 0 Å². The van der Waals surface area contributed by atoms with Gasteiger partial charge in [-0.25, -0.2) is 0 Å². The fraction of sp³-hybridized carbons (Fsp3) is 0. The predicted molar refractivity (Wildman–Crippen MR) is 24.4 cm³/mol. The van der Waals surface area contributed by atoms with Crippen molar-refractivity contribution in [1.82, 2.24) is 0 Å². The molecule has 0 heterocycles. The Bertz CT molecular complexity index is 13.5. The van der Waals surface area contributed by atoms with E-state index in [1.165, 1.54) is 0 Å². The zero-order chi connectivity index (χ0) is 2.00. The first kappa shape index (κ1) is 18.5. The fourth-order valence-corrected chi connectivity index (χ4v) is 0. The minimum atomic E-state index is 0. The molecule has 0 atom stereocenters. The van der Waals surface area contributed by atoms with E-state index >= 15 is 0 Å². The molecule has 0 spiro atoms. The van der Waals surface area contributed by atoms with Crippen LogP contribution in [-0.2, 0) is 4.46 Å². The van der Waals surface area contributed by atoms with Crippen LogP contribution in [0.3, 0.4) is 0 Å². The number of hydrogen-bond donors (Lipinski definition) is 0. The summed E-state index contributed by atoms with van der Waals surface area (Å²) in [4.78, 5) is 0. The maximum atomic E-state index is 8.06. The first-order chi connectivity index (χ1) is 1.00. The SMILES string of the molecule is O=[Si].[AlH3].[H-].[H-].[Mg+2]. The summed E-state index contributed by atoms with van der Waals surface area (Å²) in [7, 11) is 1.72. The summed E-state index contributed by atoms with van der Waals surface area (Å²) in [6.07, 6.45) is 0. The van der Waals surface area contributed by atoms with Crippen molar-refractivity contribution < 1.29 is 7.32 Å². The van der Waals surface area contributed by atoms with Gasteiger partial charge in [-0.3, -0.25) is 0 Å². The topological polar surface area (TPSA) is 17.1 Å². The molecule has 0 aromatic heterocycles. The van der Waals surface area contributed by atoms with Crippen LogP contribution in [0.4, 0.5) is 0 Å². The van der Waals surface area contributed by atoms with E-state index in [2.05, 4.69) is 0 Å². The minimum Gasteiger partial charge on any atom is -1.00 e. The predicted octanol–water partition coefficient (Wildman–Crippen LogP) is -1.84. The molecule has 0 saturated heterocycles. The van der Waals surface area contributed by atoms with Crippen LogP contribution in [0, 0.1) is 0 Å². The molecule has 20 valence electrons. The number of hydrogen-bond acceptors (Lipinski definition) is 1. The van der Waals surface area contributed by atoms with Crippen LogP contribution in [0.1, 0.15) is 2.85 Å². The molecule has 0 amide bonds. The summed E-state index contributed by atoms with van der Waals surface area (Å²) >= 11 is 0. The zero-order valence-corrected chi connectivity index (χ0v) is 4.03. The Morgan fingerprint density at radius 2 is 1.50 bits per heavy atom. The average molecular weight is 100 g/mol. The molecule has 0 N–H and O–H groups in total. The van der Waals surface area contributed by atoms with Crippen LogP contribution in [0.25, 0.3) is 0 Å². The maximum absolute atomic E-state index is 8.06. The van der Waals surface area contributed by atoms with Gasteiger partial charge in [0.2, 0.25) is 0 Å². The van der Waals surface area contributed by atoms with Gasteiger partial charge in [-0.15, -0.1) is 0 Å². The molecule has 0 saturated carbocycles. The molecule has 2 radical (unpaired) electrons. The zero-order valence-electron chi connectivity index (χ0n) is 3.62. The average Bonchev–Trinajstić information content (AvgIpc) is 1.00. The Balaban J connectivity index is -0.000000000833. The normalized spacial score (nSPS) is 1.00. The van der Waals surface area contributed by atoms with E-state index in [9.17, 15) is 0 Å². The summed E-state index contributed by atoms with van der Waals surface area (Å²) in [6, 6.07) is 0. The quantitative estimate of drug-likeness (QED) is 0.327. The van der Waals surface area contributed by atoms with E-state index in [-0.39, 0.29) is 43.3 Å². The van der Waals surface area contributed by atoms with Gasteiger partial charge in [0, 0.05) is 0 Å². The second-order valence-corrected chi connectivity index (χ2v) is 0. The molecular weight excluding hydrogens is 95.4 g/mol. The Morgan fingerprint density at radius 1 is 1.50 bits per heavy atom. The Hall–Kier alpha value is 1.32. The van der Waals surface area contributed by atoms with Gasteiger partial charge in [0.25, 0.3) is 0 Å². The van der Waals surface area contributed by atoms with Crippen LogP contribution in [0.5, 0.6) is 0 Å². The van der Waals surface area contributed by atoms with Gasteiger partial charge < -0.3 is 7.32 Å². The summed E-state index contributed by atoms with van der Waals surface area (Å²) in [6.45, 7) is 0. The van der Waals surface area contributed by atoms with Crippen molar-refractivity contribution in [3.8, 4) is 0 Å². The molecule has 0 bridgehead atoms. The van der Waals surface area contributed by atoms with Crippen LogP contribution in [0.15, 0.2) is 0 Å². The second-order valence-electron chi connectivity index (χ2n) is 0. The Morgan fingerprint density at radius 3 is 1.50 bits per heavy atom. The molecule has 0 aliphatic rings. The third-order valence-electron chi connectivity index (χ3n) is 0. The number of rotatable bonds is 0. The van der Waals surface area contributed by atoms with E-state index in [1.807, 2.05) is 0 Å². The van der Waals surface area contributed by atoms with Gasteiger partial charge in [-0.05, 0) is 0 Å². The first-order valence-corrected chi connectivity index (χ1v) is 0.612. The van der Waals surface area contributed by atoms with E-state index in [0.29, 0.717) is 0 Å². The van der Waals surface area contributed by atoms with E-state index in [4.69, 9.17) is 4.46 Å². The largest absolute Gasteiger partial charge is 2.00 e. The fourth-order valence-electron chi connectivity index (χ4n) is 0. The molecule has 4 heavy (non-hydrogen) atoms. The van der Waals surface area contributed by atoms with Gasteiger partial charge in [-0.1, -0.05) is 0 Å². The molecule has 0 aliphatic carbocycles. The van der Waals surface area contributed by atoms with E-state index < -0.39 is 0 Å². The van der Waals surface area contributed by atoms with Crippen molar-refractivity contribution in [3.63, 3.8) is 0 Å². The first-order valence-electron chi connectivity index (χ1n) is 0.204. The summed E-state index contributed by atoms with van der Waals surface area (Å²) in [5.74, 6) is 0. The van der Waals surface area contributed by atoms with Crippen molar-refractivity contribution in [1.29, 1.82) is 0 Å². The van der Waals surface area contributed by atoms with Gasteiger partial charge >= 0.3 is 33.2 Å². The molecule has 0 fully saturated rings. The second kappa shape index (κ2) is 27.4. The summed E-state index contributed by atoms with van der Waals surface area (Å²) in [5, 5.41) is 0. The Kier molecular flexibility index (Phi) is 127. The van der Waals surface area contributed by atoms with Crippen molar-refractivity contribution in [2.75, 3.05) is 0 Å². The van der Waals surface area contributed by atoms with Crippen molar-refractivity contribution in [3.05, 3.63) is 0 Å². The summed E-state index contributed by atoms with van der Waals surface area (Å²) in [5.41, 5.74) is 0.